The molecule has 1 amide bonds. The Labute approximate surface area is 148 Å². The van der Waals surface area contributed by atoms with E-state index in [1.807, 2.05) is 65.0 Å². The number of nitrogens with zero attached hydrogens (tertiary/aromatic N) is 3. The van der Waals surface area contributed by atoms with Crippen molar-refractivity contribution in [2.45, 2.75) is 27.3 Å². The molecule has 5 heteroatoms. The van der Waals surface area contributed by atoms with Gasteiger partial charge in [0.25, 0.3) is 5.91 Å². The smallest absolute Gasteiger partial charge is 0.251 e. The second-order valence-corrected chi connectivity index (χ2v) is 6.57. The van der Waals surface area contributed by atoms with Crippen molar-refractivity contribution in [1.29, 1.82) is 0 Å². The van der Waals surface area contributed by atoms with Crippen molar-refractivity contribution < 1.29 is 4.79 Å². The highest BCUT2D eigenvalue weighted by Crippen LogP contribution is 2.11. The predicted octanol–water partition coefficient (Wildman–Crippen LogP) is 3.36. The van der Waals surface area contributed by atoms with Gasteiger partial charge in [0.05, 0.1) is 5.69 Å². The summed E-state index contributed by atoms with van der Waals surface area (Å²) >= 11 is 0. The first kappa shape index (κ1) is 17.0. The quantitative estimate of drug-likeness (QED) is 0.750. The van der Waals surface area contributed by atoms with Crippen LogP contribution in [0.4, 0.5) is 0 Å². The van der Waals surface area contributed by atoms with Crippen LogP contribution in [0.3, 0.4) is 0 Å². The minimum Gasteiger partial charge on any atom is -0.352 e. The molecule has 1 atom stereocenters. The summed E-state index contributed by atoms with van der Waals surface area (Å²) in [5, 5.41) is 7.51. The summed E-state index contributed by atoms with van der Waals surface area (Å²) < 4.78 is 3.99. The highest BCUT2D eigenvalue weighted by molar-refractivity contribution is 5.94. The van der Waals surface area contributed by atoms with Crippen molar-refractivity contribution in [3.63, 3.8) is 0 Å². The molecule has 1 unspecified atom stereocenters. The molecule has 0 radical (unpaired) electrons. The molecule has 0 saturated heterocycles. The zero-order valence-corrected chi connectivity index (χ0v) is 14.9. The zero-order valence-electron chi connectivity index (χ0n) is 14.9. The lowest BCUT2D eigenvalue weighted by atomic mass is 10.1. The van der Waals surface area contributed by atoms with E-state index in [4.69, 9.17) is 0 Å². The van der Waals surface area contributed by atoms with Crippen LogP contribution < -0.4 is 5.32 Å². The Morgan fingerprint density at radius 3 is 2.60 bits per heavy atom. The molecule has 130 valence electrons. The van der Waals surface area contributed by atoms with Crippen molar-refractivity contribution in [2.75, 3.05) is 6.54 Å². The topological polar surface area (TPSA) is 51.9 Å². The van der Waals surface area contributed by atoms with Gasteiger partial charge in [-0.1, -0.05) is 13.0 Å². The number of rotatable bonds is 6. The van der Waals surface area contributed by atoms with Crippen LogP contribution in [0.1, 0.15) is 28.7 Å². The standard InChI is InChI=1S/C20H24N4O/c1-15(14-24-17(3)11-16(2)22-24)13-21-20(25)18-7-6-8-19(12-18)23-9-4-5-10-23/h4-12,15H,13-14H2,1-3H3,(H,21,25). The number of aromatic nitrogens is 3. The lowest BCUT2D eigenvalue weighted by molar-refractivity contribution is 0.0946. The van der Waals surface area contributed by atoms with Gasteiger partial charge in [-0.3, -0.25) is 9.48 Å². The van der Waals surface area contributed by atoms with E-state index in [1.54, 1.807) is 0 Å². The number of benzene rings is 1. The number of carbonyl (C=O) groups excluding carboxylic acids is 1. The summed E-state index contributed by atoms with van der Waals surface area (Å²) in [7, 11) is 0. The molecule has 3 aromatic rings. The van der Waals surface area contributed by atoms with Crippen molar-refractivity contribution in [2.24, 2.45) is 5.92 Å². The first-order chi connectivity index (χ1) is 12.0. The first-order valence-electron chi connectivity index (χ1n) is 8.55. The Kier molecular flexibility index (Phi) is 5.03. The molecule has 1 aromatic carbocycles. The van der Waals surface area contributed by atoms with Crippen molar-refractivity contribution in [3.05, 3.63) is 71.8 Å². The van der Waals surface area contributed by atoms with Crippen LogP contribution >= 0.6 is 0 Å². The SMILES string of the molecule is Cc1cc(C)n(CC(C)CNC(=O)c2cccc(-n3cccc3)c2)n1. The number of carbonyl (C=O) groups is 1. The molecule has 0 fully saturated rings. The molecular weight excluding hydrogens is 312 g/mol. The van der Waals surface area contributed by atoms with E-state index in [-0.39, 0.29) is 5.91 Å². The molecule has 0 aliphatic rings. The van der Waals surface area contributed by atoms with Gasteiger partial charge in [-0.25, -0.2) is 0 Å². The summed E-state index contributed by atoms with van der Waals surface area (Å²) in [5.41, 5.74) is 3.82. The van der Waals surface area contributed by atoms with Gasteiger partial charge in [0, 0.05) is 42.4 Å². The van der Waals surface area contributed by atoms with E-state index in [2.05, 4.69) is 30.3 Å². The highest BCUT2D eigenvalue weighted by Gasteiger charge is 2.11. The third-order valence-corrected chi connectivity index (χ3v) is 4.21. The van der Waals surface area contributed by atoms with E-state index in [0.29, 0.717) is 18.0 Å². The number of hydrogen-bond acceptors (Lipinski definition) is 2. The Morgan fingerprint density at radius 1 is 1.16 bits per heavy atom. The Bertz CT molecular complexity index is 848. The maximum Gasteiger partial charge on any atom is 0.251 e. The number of amides is 1. The molecule has 1 N–H and O–H groups in total. The van der Waals surface area contributed by atoms with Crippen LogP contribution in [0.5, 0.6) is 0 Å². The fraction of sp³-hybridized carbons (Fsp3) is 0.300. The van der Waals surface area contributed by atoms with Gasteiger partial charge in [-0.05, 0) is 56.2 Å². The number of hydrogen-bond donors (Lipinski definition) is 1. The van der Waals surface area contributed by atoms with Crippen LogP contribution in [-0.4, -0.2) is 26.8 Å². The zero-order chi connectivity index (χ0) is 17.8. The third-order valence-electron chi connectivity index (χ3n) is 4.21. The minimum atomic E-state index is -0.0470. The average molecular weight is 336 g/mol. The molecule has 5 nitrogen and oxygen atoms in total. The molecule has 0 bridgehead atoms. The van der Waals surface area contributed by atoms with E-state index in [9.17, 15) is 4.79 Å². The molecule has 0 aliphatic carbocycles. The van der Waals surface area contributed by atoms with E-state index in [1.165, 1.54) is 0 Å². The Hall–Kier alpha value is -2.82. The van der Waals surface area contributed by atoms with Crippen molar-refractivity contribution in [3.8, 4) is 5.69 Å². The molecule has 0 spiro atoms. The van der Waals surface area contributed by atoms with Crippen molar-refractivity contribution in [1.82, 2.24) is 19.7 Å². The normalized spacial score (nSPS) is 12.1. The number of aryl methyl sites for hydroxylation is 2. The van der Waals surface area contributed by atoms with Crippen LogP contribution in [0.25, 0.3) is 5.69 Å². The van der Waals surface area contributed by atoms with Gasteiger partial charge in [0.15, 0.2) is 0 Å². The van der Waals surface area contributed by atoms with Gasteiger partial charge in [-0.15, -0.1) is 0 Å². The molecule has 2 aromatic heterocycles. The minimum absolute atomic E-state index is 0.0470. The van der Waals surface area contributed by atoms with E-state index in [0.717, 1.165) is 23.6 Å². The largest absolute Gasteiger partial charge is 0.352 e. The molecule has 25 heavy (non-hydrogen) atoms. The van der Waals surface area contributed by atoms with Crippen LogP contribution in [0, 0.1) is 19.8 Å². The van der Waals surface area contributed by atoms with Gasteiger partial charge in [0.2, 0.25) is 0 Å². The summed E-state index contributed by atoms with van der Waals surface area (Å²) in [6.45, 7) is 7.58. The fourth-order valence-corrected chi connectivity index (χ4v) is 2.90. The average Bonchev–Trinajstić information content (AvgIpc) is 3.23. The molecule has 0 saturated carbocycles. The molecule has 2 heterocycles. The van der Waals surface area contributed by atoms with Crippen LogP contribution in [0.2, 0.25) is 0 Å². The maximum absolute atomic E-state index is 12.5. The van der Waals surface area contributed by atoms with Gasteiger partial charge >= 0.3 is 0 Å². The van der Waals surface area contributed by atoms with Crippen LogP contribution in [-0.2, 0) is 6.54 Å². The van der Waals surface area contributed by atoms with Gasteiger partial charge in [0.1, 0.15) is 0 Å². The fourth-order valence-electron chi connectivity index (χ4n) is 2.90. The van der Waals surface area contributed by atoms with Gasteiger partial charge < -0.3 is 9.88 Å². The van der Waals surface area contributed by atoms with E-state index < -0.39 is 0 Å². The second-order valence-electron chi connectivity index (χ2n) is 6.57. The summed E-state index contributed by atoms with van der Waals surface area (Å²) in [4.78, 5) is 12.5. The van der Waals surface area contributed by atoms with Crippen LogP contribution in [0.15, 0.2) is 54.9 Å². The lowest BCUT2D eigenvalue weighted by Gasteiger charge is -2.14. The first-order valence-corrected chi connectivity index (χ1v) is 8.55. The number of nitrogens with one attached hydrogen (secondary N) is 1. The highest BCUT2D eigenvalue weighted by atomic mass is 16.1. The lowest BCUT2D eigenvalue weighted by Crippen LogP contribution is -2.30. The van der Waals surface area contributed by atoms with E-state index >= 15 is 0 Å². The summed E-state index contributed by atoms with van der Waals surface area (Å²) in [6.07, 6.45) is 3.93. The maximum atomic E-state index is 12.5. The Balaban J connectivity index is 1.59. The van der Waals surface area contributed by atoms with Gasteiger partial charge in [-0.2, -0.15) is 5.10 Å². The molecular formula is C20H24N4O. The Morgan fingerprint density at radius 2 is 1.92 bits per heavy atom. The second kappa shape index (κ2) is 7.38. The monoisotopic (exact) mass is 336 g/mol. The summed E-state index contributed by atoms with van der Waals surface area (Å²) in [6, 6.07) is 13.6. The van der Waals surface area contributed by atoms with Crippen molar-refractivity contribution >= 4 is 5.91 Å². The third kappa shape index (κ3) is 4.18. The summed E-state index contributed by atoms with van der Waals surface area (Å²) in [5.74, 6) is 0.254. The predicted molar refractivity (Wildman–Crippen MR) is 99.0 cm³/mol. The molecule has 3 rings (SSSR count). The molecule has 0 aliphatic heterocycles.